The molecule has 0 aromatic heterocycles. The van der Waals surface area contributed by atoms with Crippen LogP contribution in [0.1, 0.15) is 24.8 Å². The normalized spacial score (nSPS) is 24.7. The number of halogens is 1. The van der Waals surface area contributed by atoms with E-state index in [0.717, 1.165) is 90.9 Å². The molecule has 0 radical (unpaired) electrons. The number of aliphatic imine (C=N–C) groups is 1. The van der Waals surface area contributed by atoms with E-state index in [4.69, 9.17) is 9.47 Å². The van der Waals surface area contributed by atoms with Gasteiger partial charge < -0.3 is 20.1 Å². The topological polar surface area (TPSA) is 61.4 Å². The van der Waals surface area contributed by atoms with E-state index in [0.29, 0.717) is 18.0 Å². The average molecular weight is 558 g/mol. The number of nitrogens with one attached hydrogen (secondary N) is 2. The minimum atomic E-state index is 0. The molecule has 2 N–H and O–H groups in total. The van der Waals surface area contributed by atoms with Crippen LogP contribution >= 0.6 is 24.0 Å². The van der Waals surface area contributed by atoms with Crippen LogP contribution in [-0.2, 0) is 16.0 Å². The number of hydrogen-bond acceptors (Lipinski definition) is 5. The Kier molecular flexibility index (Phi) is 11.0. The molecule has 32 heavy (non-hydrogen) atoms. The van der Waals surface area contributed by atoms with Gasteiger partial charge in [0.25, 0.3) is 0 Å². The summed E-state index contributed by atoms with van der Waals surface area (Å²) in [5, 5.41) is 7.31. The molecule has 0 bridgehead atoms. The lowest BCUT2D eigenvalue weighted by Crippen LogP contribution is -2.55. The third kappa shape index (κ3) is 7.55. The molecule has 3 heterocycles. The molecule has 3 aliphatic rings. The summed E-state index contributed by atoms with van der Waals surface area (Å²) < 4.78 is 11.3. The monoisotopic (exact) mass is 557 g/mol. The molecule has 180 valence electrons. The van der Waals surface area contributed by atoms with Gasteiger partial charge in [0.2, 0.25) is 0 Å². The zero-order valence-electron chi connectivity index (χ0n) is 19.4. The van der Waals surface area contributed by atoms with Crippen molar-refractivity contribution in [2.24, 2.45) is 10.9 Å². The maximum atomic E-state index is 5.70. The molecule has 3 aliphatic heterocycles. The van der Waals surface area contributed by atoms with E-state index in [1.165, 1.54) is 5.56 Å². The van der Waals surface area contributed by atoms with Gasteiger partial charge >= 0.3 is 0 Å². The first-order valence-electron chi connectivity index (χ1n) is 11.9. The van der Waals surface area contributed by atoms with Crippen LogP contribution in [0, 0.1) is 5.92 Å². The van der Waals surface area contributed by atoms with Gasteiger partial charge in [0, 0.05) is 70.9 Å². The fourth-order valence-corrected chi connectivity index (χ4v) is 5.03. The summed E-state index contributed by atoms with van der Waals surface area (Å²) in [7, 11) is 1.88. The van der Waals surface area contributed by atoms with Gasteiger partial charge in [-0.3, -0.25) is 14.8 Å². The lowest BCUT2D eigenvalue weighted by Gasteiger charge is -2.38. The summed E-state index contributed by atoms with van der Waals surface area (Å²) >= 11 is 0. The zero-order valence-corrected chi connectivity index (χ0v) is 21.7. The first kappa shape index (κ1) is 25.7. The molecule has 8 heteroatoms. The number of benzene rings is 1. The summed E-state index contributed by atoms with van der Waals surface area (Å²) in [5.74, 6) is 1.52. The Balaban J connectivity index is 0.00000289. The minimum Gasteiger partial charge on any atom is -0.381 e. The van der Waals surface area contributed by atoms with E-state index in [1.807, 2.05) is 7.05 Å². The Morgan fingerprint density at radius 3 is 2.44 bits per heavy atom. The van der Waals surface area contributed by atoms with Gasteiger partial charge in [-0.1, -0.05) is 30.3 Å². The fourth-order valence-electron chi connectivity index (χ4n) is 5.03. The summed E-state index contributed by atoms with van der Waals surface area (Å²) in [6.07, 6.45) is 3.45. The molecule has 2 unspecified atom stereocenters. The van der Waals surface area contributed by atoms with Crippen molar-refractivity contribution in [2.45, 2.75) is 37.9 Å². The van der Waals surface area contributed by atoms with Crippen LogP contribution in [0.5, 0.6) is 0 Å². The quantitative estimate of drug-likeness (QED) is 0.305. The molecule has 0 aliphatic carbocycles. The highest BCUT2D eigenvalue weighted by molar-refractivity contribution is 14.0. The van der Waals surface area contributed by atoms with E-state index in [-0.39, 0.29) is 24.0 Å². The van der Waals surface area contributed by atoms with E-state index in [1.54, 1.807) is 0 Å². The standard InChI is InChI=1S/C24H39N5O2.HI/c1-25-24(26-17-23(21-9-14-31-19-21)29-12-15-30-16-13-29)27-22-7-10-28(11-8-22)18-20-5-3-2-4-6-20;/h2-6,21-23H,7-19H2,1H3,(H2,25,26,27);1H. The number of hydrogen-bond donors (Lipinski definition) is 2. The smallest absolute Gasteiger partial charge is 0.191 e. The Morgan fingerprint density at radius 2 is 1.78 bits per heavy atom. The van der Waals surface area contributed by atoms with E-state index < -0.39 is 0 Å². The van der Waals surface area contributed by atoms with Crippen molar-refractivity contribution in [3.05, 3.63) is 35.9 Å². The van der Waals surface area contributed by atoms with Crippen LogP contribution in [0.15, 0.2) is 35.3 Å². The Labute approximate surface area is 210 Å². The van der Waals surface area contributed by atoms with Crippen molar-refractivity contribution in [2.75, 3.05) is 66.2 Å². The van der Waals surface area contributed by atoms with E-state index in [2.05, 4.69) is 55.8 Å². The number of rotatable bonds is 7. The summed E-state index contributed by atoms with van der Waals surface area (Å²) in [4.78, 5) is 9.65. The van der Waals surface area contributed by atoms with Crippen molar-refractivity contribution in [3.63, 3.8) is 0 Å². The van der Waals surface area contributed by atoms with Crippen molar-refractivity contribution < 1.29 is 9.47 Å². The predicted octanol–water partition coefficient (Wildman–Crippen LogP) is 2.17. The summed E-state index contributed by atoms with van der Waals surface area (Å²) in [6.45, 7) is 9.64. The molecular formula is C24H40IN5O2. The first-order valence-corrected chi connectivity index (χ1v) is 11.9. The number of guanidine groups is 1. The second-order valence-electron chi connectivity index (χ2n) is 8.97. The predicted molar refractivity (Wildman–Crippen MR) is 140 cm³/mol. The number of ether oxygens (including phenoxy) is 2. The fraction of sp³-hybridized carbons (Fsp3) is 0.708. The second-order valence-corrected chi connectivity index (χ2v) is 8.97. The highest BCUT2D eigenvalue weighted by Crippen LogP contribution is 2.22. The summed E-state index contributed by atoms with van der Waals surface area (Å²) in [6, 6.07) is 11.7. The maximum Gasteiger partial charge on any atom is 0.191 e. The third-order valence-electron chi connectivity index (χ3n) is 6.90. The largest absolute Gasteiger partial charge is 0.381 e. The van der Waals surface area contributed by atoms with Gasteiger partial charge in [-0.25, -0.2) is 0 Å². The van der Waals surface area contributed by atoms with Gasteiger partial charge in [-0.05, 0) is 24.8 Å². The molecule has 1 aromatic rings. The van der Waals surface area contributed by atoms with Crippen LogP contribution in [0.3, 0.4) is 0 Å². The van der Waals surface area contributed by atoms with Crippen molar-refractivity contribution in [1.29, 1.82) is 0 Å². The SMILES string of the molecule is CN=C(NCC(C1CCOC1)N1CCOCC1)NC1CCN(Cc2ccccc2)CC1.I. The number of piperidine rings is 1. The van der Waals surface area contributed by atoms with E-state index >= 15 is 0 Å². The number of nitrogens with zero attached hydrogens (tertiary/aromatic N) is 3. The average Bonchev–Trinajstić information content (AvgIpc) is 3.36. The molecular weight excluding hydrogens is 517 g/mol. The number of morpholine rings is 1. The Morgan fingerprint density at radius 1 is 1.03 bits per heavy atom. The molecule has 3 saturated heterocycles. The van der Waals surface area contributed by atoms with Crippen LogP contribution in [0.2, 0.25) is 0 Å². The Bertz CT molecular complexity index is 672. The van der Waals surface area contributed by atoms with Crippen molar-refractivity contribution >= 4 is 29.9 Å². The van der Waals surface area contributed by atoms with Gasteiger partial charge in [-0.2, -0.15) is 0 Å². The first-order chi connectivity index (χ1) is 15.3. The van der Waals surface area contributed by atoms with Gasteiger partial charge in [0.1, 0.15) is 0 Å². The van der Waals surface area contributed by atoms with Gasteiger partial charge in [0.05, 0.1) is 19.8 Å². The highest BCUT2D eigenvalue weighted by atomic mass is 127. The second kappa shape index (κ2) is 13.7. The van der Waals surface area contributed by atoms with Crippen molar-refractivity contribution in [3.8, 4) is 0 Å². The minimum absolute atomic E-state index is 0. The molecule has 3 fully saturated rings. The van der Waals surface area contributed by atoms with Crippen molar-refractivity contribution in [1.82, 2.24) is 20.4 Å². The lowest BCUT2D eigenvalue weighted by atomic mass is 9.97. The zero-order chi connectivity index (χ0) is 21.3. The van der Waals surface area contributed by atoms with Crippen LogP contribution < -0.4 is 10.6 Å². The molecule has 7 nitrogen and oxygen atoms in total. The van der Waals surface area contributed by atoms with Gasteiger partial charge in [-0.15, -0.1) is 24.0 Å². The van der Waals surface area contributed by atoms with Crippen LogP contribution in [-0.4, -0.2) is 94.0 Å². The molecule has 1 aromatic carbocycles. The van der Waals surface area contributed by atoms with E-state index in [9.17, 15) is 0 Å². The van der Waals surface area contributed by atoms with Crippen LogP contribution in [0.25, 0.3) is 0 Å². The molecule has 0 amide bonds. The molecule has 4 rings (SSSR count). The number of likely N-dealkylation sites (tertiary alicyclic amines) is 1. The molecule has 2 atom stereocenters. The van der Waals surface area contributed by atoms with Crippen LogP contribution in [0.4, 0.5) is 0 Å². The third-order valence-corrected chi connectivity index (χ3v) is 6.90. The lowest BCUT2D eigenvalue weighted by molar-refractivity contribution is 0.00245. The van der Waals surface area contributed by atoms with Gasteiger partial charge in [0.15, 0.2) is 5.96 Å². The molecule has 0 saturated carbocycles. The highest BCUT2D eigenvalue weighted by Gasteiger charge is 2.31. The summed E-state index contributed by atoms with van der Waals surface area (Å²) in [5.41, 5.74) is 1.40. The Hall–Kier alpha value is -0.940. The molecule has 0 spiro atoms. The maximum absolute atomic E-state index is 5.70.